The summed E-state index contributed by atoms with van der Waals surface area (Å²) in [6.07, 6.45) is 0. The molecule has 0 saturated heterocycles. The lowest BCUT2D eigenvalue weighted by Gasteiger charge is -2.05. The van der Waals surface area contributed by atoms with E-state index in [1.165, 1.54) is 0 Å². The zero-order chi connectivity index (χ0) is 13.4. The largest absolute Gasteiger partial charge is 0.496 e. The van der Waals surface area contributed by atoms with Crippen molar-refractivity contribution < 1.29 is 4.74 Å². The van der Waals surface area contributed by atoms with E-state index in [0.717, 1.165) is 11.1 Å². The van der Waals surface area contributed by atoms with E-state index in [1.807, 2.05) is 6.07 Å². The van der Waals surface area contributed by atoms with Gasteiger partial charge in [0, 0.05) is 5.02 Å². The predicted octanol–water partition coefficient (Wildman–Crippen LogP) is 2.87. The monoisotopic (exact) mass is 274 g/mol. The van der Waals surface area contributed by atoms with Gasteiger partial charge in [0.1, 0.15) is 17.4 Å². The molecule has 5 nitrogen and oxygen atoms in total. The number of hydrogen-bond donors (Lipinski definition) is 2. The molecule has 0 bridgehead atoms. The van der Waals surface area contributed by atoms with Crippen molar-refractivity contribution in [3.05, 3.63) is 35.4 Å². The number of imidazole rings is 1. The highest BCUT2D eigenvalue weighted by Gasteiger charge is 2.12. The van der Waals surface area contributed by atoms with E-state index >= 15 is 0 Å². The Kier molecular flexibility index (Phi) is 2.76. The van der Waals surface area contributed by atoms with E-state index in [-0.39, 0.29) is 0 Å². The Morgan fingerprint density at radius 3 is 2.84 bits per heavy atom. The van der Waals surface area contributed by atoms with Crippen LogP contribution in [0.5, 0.6) is 5.75 Å². The maximum atomic E-state index is 6.01. The van der Waals surface area contributed by atoms with Gasteiger partial charge in [0.2, 0.25) is 0 Å². The molecule has 0 aliphatic heterocycles. The molecule has 3 aromatic rings. The van der Waals surface area contributed by atoms with Crippen LogP contribution in [-0.4, -0.2) is 22.1 Å². The summed E-state index contributed by atoms with van der Waals surface area (Å²) in [4.78, 5) is 11.7. The number of hydrogen-bond acceptors (Lipinski definition) is 4. The molecule has 0 amide bonds. The average molecular weight is 275 g/mol. The zero-order valence-corrected chi connectivity index (χ0v) is 10.9. The minimum atomic E-state index is 0.434. The standard InChI is InChI=1S/C13H11ClN4O/c1-19-10-4-2-7(14)6-8(10)12-16-9-3-5-11(15)17-13(9)18-12/h2-6H,1H3,(H3,15,16,17,18). The highest BCUT2D eigenvalue weighted by Crippen LogP contribution is 2.31. The van der Waals surface area contributed by atoms with E-state index in [0.29, 0.717) is 28.1 Å². The lowest BCUT2D eigenvalue weighted by Crippen LogP contribution is -1.89. The summed E-state index contributed by atoms with van der Waals surface area (Å²) in [6.45, 7) is 0. The molecule has 2 heterocycles. The summed E-state index contributed by atoms with van der Waals surface area (Å²) >= 11 is 6.01. The van der Waals surface area contributed by atoms with Crippen LogP contribution in [0.1, 0.15) is 0 Å². The molecule has 0 saturated carbocycles. The third-order valence-corrected chi connectivity index (χ3v) is 3.02. The van der Waals surface area contributed by atoms with Crippen LogP contribution in [0.15, 0.2) is 30.3 Å². The Bertz CT molecular complexity index is 753. The molecule has 0 radical (unpaired) electrons. The lowest BCUT2D eigenvalue weighted by molar-refractivity contribution is 0.416. The molecule has 0 atom stereocenters. The van der Waals surface area contributed by atoms with E-state index in [9.17, 15) is 0 Å². The Morgan fingerprint density at radius 2 is 2.05 bits per heavy atom. The van der Waals surface area contributed by atoms with Crippen molar-refractivity contribution in [2.75, 3.05) is 12.8 Å². The van der Waals surface area contributed by atoms with Crippen LogP contribution in [0.2, 0.25) is 5.02 Å². The number of aromatic amines is 1. The normalized spacial score (nSPS) is 10.8. The molecule has 0 aliphatic rings. The van der Waals surface area contributed by atoms with Crippen molar-refractivity contribution in [2.45, 2.75) is 0 Å². The third kappa shape index (κ3) is 2.08. The number of nitrogens with two attached hydrogens (primary N) is 1. The SMILES string of the molecule is COc1ccc(Cl)cc1-c1nc2nc(N)ccc2[nH]1. The molecule has 19 heavy (non-hydrogen) atoms. The highest BCUT2D eigenvalue weighted by atomic mass is 35.5. The van der Waals surface area contributed by atoms with Crippen LogP contribution < -0.4 is 10.5 Å². The molecule has 0 fully saturated rings. The Morgan fingerprint density at radius 1 is 1.21 bits per heavy atom. The molecule has 6 heteroatoms. The fourth-order valence-electron chi connectivity index (χ4n) is 1.90. The molecule has 0 aliphatic carbocycles. The topological polar surface area (TPSA) is 76.8 Å². The van der Waals surface area contributed by atoms with Crippen molar-refractivity contribution in [1.29, 1.82) is 0 Å². The van der Waals surface area contributed by atoms with Gasteiger partial charge in [0.15, 0.2) is 5.65 Å². The average Bonchev–Trinajstić information content (AvgIpc) is 2.81. The van der Waals surface area contributed by atoms with Gasteiger partial charge in [-0.2, -0.15) is 0 Å². The number of aromatic nitrogens is 3. The van der Waals surface area contributed by atoms with E-state index in [2.05, 4.69) is 15.0 Å². The number of nitrogens with zero attached hydrogens (tertiary/aromatic N) is 2. The van der Waals surface area contributed by atoms with E-state index in [1.54, 1.807) is 31.4 Å². The second kappa shape index (κ2) is 4.44. The molecule has 3 N–H and O–H groups in total. The zero-order valence-electron chi connectivity index (χ0n) is 10.1. The fraction of sp³-hybridized carbons (Fsp3) is 0.0769. The number of H-pyrrole nitrogens is 1. The Balaban J connectivity index is 2.21. The van der Waals surface area contributed by atoms with Gasteiger partial charge in [-0.25, -0.2) is 9.97 Å². The van der Waals surface area contributed by atoms with Crippen LogP contribution in [0.4, 0.5) is 5.82 Å². The molecule has 3 rings (SSSR count). The summed E-state index contributed by atoms with van der Waals surface area (Å²) in [5.74, 6) is 1.77. The number of ether oxygens (including phenoxy) is 1. The van der Waals surface area contributed by atoms with E-state index in [4.69, 9.17) is 22.1 Å². The van der Waals surface area contributed by atoms with Crippen molar-refractivity contribution in [1.82, 2.24) is 15.0 Å². The number of nitrogen functional groups attached to an aromatic ring is 1. The van der Waals surface area contributed by atoms with Crippen LogP contribution >= 0.6 is 11.6 Å². The Labute approximate surface area is 114 Å². The smallest absolute Gasteiger partial charge is 0.180 e. The fourth-order valence-corrected chi connectivity index (χ4v) is 2.07. The van der Waals surface area contributed by atoms with Crippen molar-refractivity contribution in [3.8, 4) is 17.1 Å². The van der Waals surface area contributed by atoms with Gasteiger partial charge in [0.25, 0.3) is 0 Å². The first-order valence-electron chi connectivity index (χ1n) is 5.63. The van der Waals surface area contributed by atoms with Crippen molar-refractivity contribution >= 4 is 28.6 Å². The van der Waals surface area contributed by atoms with Crippen LogP contribution in [0.25, 0.3) is 22.6 Å². The Hall–Kier alpha value is -2.27. The minimum Gasteiger partial charge on any atom is -0.496 e. The maximum Gasteiger partial charge on any atom is 0.180 e. The minimum absolute atomic E-state index is 0.434. The molecule has 1 aromatic carbocycles. The van der Waals surface area contributed by atoms with E-state index < -0.39 is 0 Å². The number of anilines is 1. The second-order valence-electron chi connectivity index (χ2n) is 4.04. The third-order valence-electron chi connectivity index (χ3n) is 2.78. The number of methoxy groups -OCH3 is 1. The van der Waals surface area contributed by atoms with Gasteiger partial charge in [0.05, 0.1) is 18.2 Å². The first-order valence-corrected chi connectivity index (χ1v) is 6.01. The first-order chi connectivity index (χ1) is 9.17. The van der Waals surface area contributed by atoms with Gasteiger partial charge >= 0.3 is 0 Å². The predicted molar refractivity (Wildman–Crippen MR) is 75.3 cm³/mol. The van der Waals surface area contributed by atoms with Gasteiger partial charge in [-0.05, 0) is 30.3 Å². The number of rotatable bonds is 2. The van der Waals surface area contributed by atoms with Crippen LogP contribution in [0, 0.1) is 0 Å². The number of nitrogens with one attached hydrogen (secondary N) is 1. The van der Waals surface area contributed by atoms with Crippen LogP contribution in [0.3, 0.4) is 0 Å². The van der Waals surface area contributed by atoms with Gasteiger partial charge in [-0.1, -0.05) is 11.6 Å². The number of halogens is 1. The quantitative estimate of drug-likeness (QED) is 0.753. The van der Waals surface area contributed by atoms with Crippen molar-refractivity contribution in [2.24, 2.45) is 0 Å². The number of fused-ring (bicyclic) bond motifs is 1. The summed E-state index contributed by atoms with van der Waals surface area (Å²) in [6, 6.07) is 8.92. The molecule has 2 aromatic heterocycles. The maximum absolute atomic E-state index is 6.01. The summed E-state index contributed by atoms with van der Waals surface area (Å²) in [5, 5.41) is 0.615. The summed E-state index contributed by atoms with van der Waals surface area (Å²) in [5.41, 5.74) is 7.80. The molecule has 96 valence electrons. The highest BCUT2D eigenvalue weighted by molar-refractivity contribution is 6.30. The van der Waals surface area contributed by atoms with Crippen LogP contribution in [-0.2, 0) is 0 Å². The molecular formula is C13H11ClN4O. The number of pyridine rings is 1. The van der Waals surface area contributed by atoms with Gasteiger partial charge < -0.3 is 15.5 Å². The van der Waals surface area contributed by atoms with Gasteiger partial charge in [-0.3, -0.25) is 0 Å². The summed E-state index contributed by atoms with van der Waals surface area (Å²) in [7, 11) is 1.60. The summed E-state index contributed by atoms with van der Waals surface area (Å²) < 4.78 is 5.31. The van der Waals surface area contributed by atoms with Gasteiger partial charge in [-0.15, -0.1) is 0 Å². The molecular weight excluding hydrogens is 264 g/mol. The molecule has 0 unspecified atom stereocenters. The second-order valence-corrected chi connectivity index (χ2v) is 4.47. The van der Waals surface area contributed by atoms with Crippen molar-refractivity contribution in [3.63, 3.8) is 0 Å². The lowest BCUT2D eigenvalue weighted by atomic mass is 10.2. The molecule has 0 spiro atoms. The number of benzene rings is 1. The first kappa shape index (κ1) is 11.8.